The Morgan fingerprint density at radius 1 is 1.16 bits per heavy atom. The van der Waals surface area contributed by atoms with E-state index in [4.69, 9.17) is 15.0 Å². The zero-order valence-corrected chi connectivity index (χ0v) is 18.1. The summed E-state index contributed by atoms with van der Waals surface area (Å²) in [5.41, 5.74) is 11.2. The van der Waals surface area contributed by atoms with Crippen LogP contribution in [0.2, 0.25) is 0 Å². The molecule has 0 spiro atoms. The van der Waals surface area contributed by atoms with Gasteiger partial charge in [0.2, 0.25) is 0 Å². The first-order chi connectivity index (χ1) is 15.5. The molecule has 0 fully saturated rings. The molecule has 0 unspecified atom stereocenters. The van der Waals surface area contributed by atoms with Crippen LogP contribution in [0.4, 0.5) is 17.3 Å². The van der Waals surface area contributed by atoms with Gasteiger partial charge in [-0.15, -0.1) is 0 Å². The number of aromatic nitrogens is 6. The summed E-state index contributed by atoms with van der Waals surface area (Å²) in [6.07, 6.45) is 3.33. The van der Waals surface area contributed by atoms with Gasteiger partial charge in [0.15, 0.2) is 11.6 Å². The van der Waals surface area contributed by atoms with Crippen LogP contribution in [-0.4, -0.2) is 43.7 Å². The highest BCUT2D eigenvalue weighted by Gasteiger charge is 2.20. The molecule has 1 aromatic carbocycles. The van der Waals surface area contributed by atoms with Gasteiger partial charge < -0.3 is 19.9 Å². The molecule has 162 valence electrons. The average Bonchev–Trinajstić information content (AvgIpc) is 3.51. The summed E-state index contributed by atoms with van der Waals surface area (Å²) in [4.78, 5) is 6.11. The number of hydrogen-bond acceptors (Lipinski definition) is 8. The van der Waals surface area contributed by atoms with Gasteiger partial charge in [-0.2, -0.15) is 10.2 Å². The fourth-order valence-electron chi connectivity index (χ4n) is 3.78. The Morgan fingerprint density at radius 2 is 2.00 bits per heavy atom. The number of nitrogens with two attached hydrogens (primary N) is 1. The second-order valence-electron chi connectivity index (χ2n) is 7.46. The molecule has 0 aliphatic heterocycles. The first-order valence-corrected chi connectivity index (χ1v) is 9.94. The van der Waals surface area contributed by atoms with Gasteiger partial charge in [0.1, 0.15) is 29.0 Å². The highest BCUT2D eigenvalue weighted by molar-refractivity contribution is 5.92. The number of ether oxygens (including phenoxy) is 1. The molecule has 32 heavy (non-hydrogen) atoms. The topological polar surface area (TPSA) is 113 Å². The molecule has 0 saturated heterocycles. The minimum absolute atomic E-state index is 0.385. The van der Waals surface area contributed by atoms with E-state index >= 15 is 0 Å². The van der Waals surface area contributed by atoms with E-state index in [1.807, 2.05) is 68.5 Å². The largest absolute Gasteiger partial charge is 0.495 e. The summed E-state index contributed by atoms with van der Waals surface area (Å²) in [6.45, 7) is 1.86. The number of nitrogen functional groups attached to an aromatic ring is 1. The van der Waals surface area contributed by atoms with E-state index in [2.05, 4.69) is 20.3 Å². The molecule has 0 aliphatic carbocycles. The van der Waals surface area contributed by atoms with Gasteiger partial charge in [-0.3, -0.25) is 4.68 Å². The number of anilines is 3. The normalized spacial score (nSPS) is 11.2. The quantitative estimate of drug-likeness (QED) is 0.451. The van der Waals surface area contributed by atoms with Gasteiger partial charge in [-0.05, 0) is 36.8 Å². The van der Waals surface area contributed by atoms with Crippen LogP contribution in [0.3, 0.4) is 0 Å². The molecular weight excluding hydrogens is 408 g/mol. The molecule has 0 amide bonds. The zero-order valence-electron chi connectivity index (χ0n) is 18.1. The van der Waals surface area contributed by atoms with Crippen molar-refractivity contribution >= 4 is 22.8 Å². The minimum atomic E-state index is 0.385. The highest BCUT2D eigenvalue weighted by Crippen LogP contribution is 2.39. The maximum absolute atomic E-state index is 6.26. The van der Waals surface area contributed by atoms with Crippen LogP contribution < -0.4 is 15.4 Å². The SMILES string of the molecule is COc1cc(-c2cc(-c3ccn(C)n3)n3ncnc(N)c23)ccc1N(C)c1cc(C)on1. The Morgan fingerprint density at radius 3 is 2.69 bits per heavy atom. The summed E-state index contributed by atoms with van der Waals surface area (Å²) >= 11 is 0. The first-order valence-electron chi connectivity index (χ1n) is 9.94. The number of hydrogen-bond donors (Lipinski definition) is 1. The third kappa shape index (κ3) is 3.13. The number of rotatable bonds is 5. The Labute approximate surface area is 183 Å². The van der Waals surface area contributed by atoms with Crippen LogP contribution in [0.25, 0.3) is 28.0 Å². The highest BCUT2D eigenvalue weighted by atomic mass is 16.5. The molecule has 10 nitrogen and oxygen atoms in total. The monoisotopic (exact) mass is 430 g/mol. The lowest BCUT2D eigenvalue weighted by Gasteiger charge is -2.19. The van der Waals surface area contributed by atoms with Crippen LogP contribution in [-0.2, 0) is 7.05 Å². The Balaban J connectivity index is 1.66. The third-order valence-corrected chi connectivity index (χ3v) is 5.37. The van der Waals surface area contributed by atoms with E-state index < -0.39 is 0 Å². The number of aryl methyl sites for hydroxylation is 2. The minimum Gasteiger partial charge on any atom is -0.495 e. The lowest BCUT2D eigenvalue weighted by Crippen LogP contribution is -2.11. The zero-order chi connectivity index (χ0) is 22.4. The Kier molecular flexibility index (Phi) is 4.54. The Hall–Kier alpha value is -4.34. The van der Waals surface area contributed by atoms with Gasteiger partial charge in [-0.1, -0.05) is 11.2 Å². The molecule has 0 bridgehead atoms. The molecule has 4 heterocycles. The molecular formula is C22H22N8O2. The molecule has 0 radical (unpaired) electrons. The van der Waals surface area contributed by atoms with Crippen LogP contribution in [0.1, 0.15) is 5.76 Å². The smallest absolute Gasteiger partial charge is 0.176 e. The Bertz CT molecular complexity index is 1430. The predicted molar refractivity (Wildman–Crippen MR) is 121 cm³/mol. The second-order valence-corrected chi connectivity index (χ2v) is 7.46. The van der Waals surface area contributed by atoms with Gasteiger partial charge in [-0.25, -0.2) is 9.50 Å². The molecule has 5 rings (SSSR count). The molecule has 5 aromatic rings. The van der Waals surface area contributed by atoms with E-state index in [9.17, 15) is 0 Å². The van der Waals surface area contributed by atoms with Crippen molar-refractivity contribution in [3.63, 3.8) is 0 Å². The number of methoxy groups -OCH3 is 1. The van der Waals surface area contributed by atoms with Gasteiger partial charge in [0, 0.05) is 31.9 Å². The predicted octanol–water partition coefficient (Wildman–Crippen LogP) is 3.45. The van der Waals surface area contributed by atoms with Crippen molar-refractivity contribution in [3.05, 3.63) is 54.7 Å². The maximum atomic E-state index is 6.26. The third-order valence-electron chi connectivity index (χ3n) is 5.37. The van der Waals surface area contributed by atoms with Crippen LogP contribution in [0.5, 0.6) is 5.75 Å². The van der Waals surface area contributed by atoms with E-state index in [-0.39, 0.29) is 0 Å². The summed E-state index contributed by atoms with van der Waals surface area (Å²) in [5, 5.41) is 13.0. The number of benzene rings is 1. The molecule has 10 heteroatoms. The van der Waals surface area contributed by atoms with Crippen molar-refractivity contribution in [1.82, 2.24) is 29.5 Å². The lowest BCUT2D eigenvalue weighted by molar-refractivity contribution is 0.398. The fraction of sp³-hybridized carbons (Fsp3) is 0.182. The van der Waals surface area contributed by atoms with Crippen molar-refractivity contribution < 1.29 is 9.26 Å². The van der Waals surface area contributed by atoms with Gasteiger partial charge >= 0.3 is 0 Å². The standard InChI is InChI=1S/C22H22N8O2/c1-13-9-20(27-32-13)29(3)17-6-5-14(10-19(17)31-4)15-11-18(16-7-8-28(2)26-16)30-21(15)22(23)24-12-25-30/h5-12H,1-4H3,(H2,23,24,25). The molecule has 2 N–H and O–H groups in total. The number of fused-ring (bicyclic) bond motifs is 1. The van der Waals surface area contributed by atoms with Crippen LogP contribution in [0, 0.1) is 6.92 Å². The number of nitrogens with zero attached hydrogens (tertiary/aromatic N) is 7. The summed E-state index contributed by atoms with van der Waals surface area (Å²) in [5.74, 6) is 2.49. The van der Waals surface area contributed by atoms with E-state index in [0.29, 0.717) is 22.9 Å². The molecule has 0 aliphatic rings. The maximum Gasteiger partial charge on any atom is 0.176 e. The molecule has 4 aromatic heterocycles. The van der Waals surface area contributed by atoms with Crippen molar-refractivity contribution in [2.45, 2.75) is 6.92 Å². The van der Waals surface area contributed by atoms with Crippen LogP contribution >= 0.6 is 0 Å². The van der Waals surface area contributed by atoms with E-state index in [1.165, 1.54) is 6.33 Å². The van der Waals surface area contributed by atoms with Gasteiger partial charge in [0.25, 0.3) is 0 Å². The molecule has 0 atom stereocenters. The first kappa shape index (κ1) is 19.6. The van der Waals surface area contributed by atoms with Crippen molar-refractivity contribution in [3.8, 4) is 28.3 Å². The van der Waals surface area contributed by atoms with E-state index in [0.717, 1.165) is 34.0 Å². The average molecular weight is 430 g/mol. The fourth-order valence-corrected chi connectivity index (χ4v) is 3.78. The summed E-state index contributed by atoms with van der Waals surface area (Å²) in [7, 11) is 5.42. The van der Waals surface area contributed by atoms with E-state index in [1.54, 1.807) is 16.3 Å². The summed E-state index contributed by atoms with van der Waals surface area (Å²) in [6, 6.07) is 11.8. The second kappa shape index (κ2) is 7.41. The molecule has 0 saturated carbocycles. The summed E-state index contributed by atoms with van der Waals surface area (Å²) < 4.78 is 14.4. The van der Waals surface area contributed by atoms with Crippen molar-refractivity contribution in [2.75, 3.05) is 24.8 Å². The lowest BCUT2D eigenvalue weighted by atomic mass is 10.0. The van der Waals surface area contributed by atoms with Crippen LogP contribution in [0.15, 0.2) is 53.4 Å². The van der Waals surface area contributed by atoms with Gasteiger partial charge in [0.05, 0.1) is 18.5 Å². The van der Waals surface area contributed by atoms with Crippen molar-refractivity contribution in [1.29, 1.82) is 0 Å². The van der Waals surface area contributed by atoms with Crippen molar-refractivity contribution in [2.24, 2.45) is 7.05 Å².